The quantitative estimate of drug-likeness (QED) is 0.490. The smallest absolute Gasteiger partial charge is 0.284 e. The molecule has 1 aromatic heterocycles. The number of hydrogen-bond donors (Lipinski definition) is 1. The molecule has 0 saturated carbocycles. The van der Waals surface area contributed by atoms with Crippen LogP contribution in [0, 0.1) is 5.82 Å². The van der Waals surface area contributed by atoms with Gasteiger partial charge in [0.15, 0.2) is 11.5 Å². The highest BCUT2D eigenvalue weighted by molar-refractivity contribution is 5.84. The van der Waals surface area contributed by atoms with Crippen LogP contribution in [0.2, 0.25) is 0 Å². The fraction of sp³-hybridized carbons (Fsp3) is 0.250. The summed E-state index contributed by atoms with van der Waals surface area (Å²) >= 11 is 0. The van der Waals surface area contributed by atoms with E-state index in [2.05, 4.69) is 31.3 Å². The predicted octanol–water partition coefficient (Wildman–Crippen LogP) is 4.67. The lowest BCUT2D eigenvalue weighted by molar-refractivity contribution is -0.130. The van der Waals surface area contributed by atoms with Crippen molar-refractivity contribution in [1.29, 1.82) is 0 Å². The molecule has 0 aliphatic carbocycles. The third-order valence-electron chi connectivity index (χ3n) is 4.88. The largest absolute Gasteiger partial charge is 0.485 e. The van der Waals surface area contributed by atoms with Crippen LogP contribution in [-0.4, -0.2) is 24.8 Å². The summed E-state index contributed by atoms with van der Waals surface area (Å²) in [6, 6.07) is 15.2. The minimum Gasteiger partial charge on any atom is -0.485 e. The van der Waals surface area contributed by atoms with Gasteiger partial charge >= 0.3 is 0 Å². The number of rotatable bonds is 4. The number of ether oxygens (including phenoxy) is 2. The number of amides is 1. The molecule has 3 aromatic rings. The molecule has 1 unspecified atom stereocenters. The van der Waals surface area contributed by atoms with Crippen molar-refractivity contribution in [2.75, 3.05) is 6.61 Å². The van der Waals surface area contributed by atoms with E-state index in [4.69, 9.17) is 13.9 Å². The average Bonchev–Trinajstić information content (AvgIpc) is 3.21. The highest BCUT2D eigenvalue weighted by Gasteiger charge is 2.28. The number of fused-ring (bicyclic) bond motifs is 1. The molecular weight excluding hydrogens is 399 g/mol. The molecule has 6 nitrogen and oxygen atoms in total. The Morgan fingerprint density at radius 3 is 2.61 bits per heavy atom. The van der Waals surface area contributed by atoms with Crippen molar-refractivity contribution in [3.05, 3.63) is 71.7 Å². The van der Waals surface area contributed by atoms with Gasteiger partial charge in [-0.1, -0.05) is 26.8 Å². The number of carbonyl (C=O) groups excluding carboxylic acids is 1. The molecule has 7 heteroatoms. The van der Waals surface area contributed by atoms with Gasteiger partial charge in [0.1, 0.15) is 23.9 Å². The topological polar surface area (TPSA) is 73.1 Å². The lowest BCUT2D eigenvalue weighted by Gasteiger charge is -2.27. The Bertz CT molecular complexity index is 1110. The van der Waals surface area contributed by atoms with Crippen LogP contribution in [0.1, 0.15) is 32.1 Å². The number of nitrogens with zero attached hydrogens (tertiary/aromatic N) is 1. The van der Waals surface area contributed by atoms with Crippen molar-refractivity contribution in [2.45, 2.75) is 32.3 Å². The van der Waals surface area contributed by atoms with Crippen LogP contribution in [0.25, 0.3) is 11.3 Å². The van der Waals surface area contributed by atoms with Crippen molar-refractivity contribution < 1.29 is 23.1 Å². The number of benzene rings is 2. The van der Waals surface area contributed by atoms with Crippen molar-refractivity contribution in [1.82, 2.24) is 5.43 Å². The van der Waals surface area contributed by atoms with E-state index in [-0.39, 0.29) is 17.8 Å². The molecule has 0 bridgehead atoms. The van der Waals surface area contributed by atoms with Gasteiger partial charge in [0.2, 0.25) is 6.10 Å². The Kier molecular flexibility index (Phi) is 5.50. The minimum atomic E-state index is -0.814. The zero-order valence-electron chi connectivity index (χ0n) is 17.5. The lowest BCUT2D eigenvalue weighted by atomic mass is 9.87. The first-order valence-corrected chi connectivity index (χ1v) is 9.92. The van der Waals surface area contributed by atoms with Gasteiger partial charge in [-0.2, -0.15) is 5.10 Å². The van der Waals surface area contributed by atoms with E-state index in [9.17, 15) is 9.18 Å². The molecular formula is C24H23FN2O4. The molecule has 2 aromatic carbocycles. The molecule has 1 N–H and O–H groups in total. The fourth-order valence-electron chi connectivity index (χ4n) is 3.09. The van der Waals surface area contributed by atoms with E-state index < -0.39 is 12.0 Å². The van der Waals surface area contributed by atoms with E-state index >= 15 is 0 Å². The standard InChI is InChI=1S/C24H23FN2O4/c1-24(2,3)16-6-10-20-21(12-16)31-22(14-29-20)23(28)27-26-13-18-9-11-19(30-18)15-4-7-17(25)8-5-15/h4-13,22H,14H2,1-3H3,(H,27,28). The molecule has 0 saturated heterocycles. The van der Waals surface area contributed by atoms with E-state index in [1.165, 1.54) is 18.3 Å². The van der Waals surface area contributed by atoms with Crippen molar-refractivity contribution in [2.24, 2.45) is 5.10 Å². The summed E-state index contributed by atoms with van der Waals surface area (Å²) in [5, 5.41) is 3.94. The van der Waals surface area contributed by atoms with Gasteiger partial charge in [0.25, 0.3) is 5.91 Å². The molecule has 2 heterocycles. The second-order valence-electron chi connectivity index (χ2n) is 8.27. The molecule has 0 fully saturated rings. The van der Waals surface area contributed by atoms with Gasteiger partial charge in [0, 0.05) is 5.56 Å². The minimum absolute atomic E-state index is 0.0479. The first kappa shape index (κ1) is 20.7. The summed E-state index contributed by atoms with van der Waals surface area (Å²) in [5.41, 5.74) is 4.23. The van der Waals surface area contributed by atoms with Crippen LogP contribution in [0.15, 0.2) is 64.1 Å². The summed E-state index contributed by atoms with van der Waals surface area (Å²) in [6.07, 6.45) is 0.575. The van der Waals surface area contributed by atoms with Crippen LogP contribution in [0.4, 0.5) is 4.39 Å². The number of halogens is 1. The van der Waals surface area contributed by atoms with Crippen LogP contribution in [0.5, 0.6) is 11.5 Å². The summed E-state index contributed by atoms with van der Waals surface area (Å²) in [7, 11) is 0. The van der Waals surface area contributed by atoms with Gasteiger partial charge in [0.05, 0.1) is 6.21 Å². The Morgan fingerprint density at radius 2 is 1.87 bits per heavy atom. The maximum Gasteiger partial charge on any atom is 0.284 e. The number of hydrogen-bond acceptors (Lipinski definition) is 5. The third-order valence-corrected chi connectivity index (χ3v) is 4.88. The first-order valence-electron chi connectivity index (χ1n) is 9.92. The van der Waals surface area contributed by atoms with E-state index in [1.807, 2.05) is 18.2 Å². The van der Waals surface area contributed by atoms with Crippen LogP contribution >= 0.6 is 0 Å². The third kappa shape index (κ3) is 4.77. The van der Waals surface area contributed by atoms with E-state index in [1.54, 1.807) is 24.3 Å². The van der Waals surface area contributed by atoms with Gasteiger partial charge in [-0.25, -0.2) is 9.82 Å². The maximum absolute atomic E-state index is 13.0. The van der Waals surface area contributed by atoms with E-state index in [0.29, 0.717) is 23.0 Å². The Hall–Kier alpha value is -3.61. The summed E-state index contributed by atoms with van der Waals surface area (Å²) in [6.45, 7) is 6.41. The molecule has 1 atom stereocenters. The SMILES string of the molecule is CC(C)(C)c1ccc2c(c1)OC(C(=O)NN=Cc1ccc(-c3ccc(F)cc3)o1)CO2. The lowest BCUT2D eigenvalue weighted by Crippen LogP contribution is -2.42. The maximum atomic E-state index is 13.0. The second-order valence-corrected chi connectivity index (χ2v) is 8.27. The number of hydrazone groups is 1. The summed E-state index contributed by atoms with van der Waals surface area (Å²) < 4.78 is 30.2. The highest BCUT2D eigenvalue weighted by Crippen LogP contribution is 2.36. The van der Waals surface area contributed by atoms with Gasteiger partial charge in [-0.15, -0.1) is 0 Å². The number of furan rings is 1. The van der Waals surface area contributed by atoms with Crippen molar-refractivity contribution >= 4 is 12.1 Å². The number of nitrogens with one attached hydrogen (secondary N) is 1. The van der Waals surface area contributed by atoms with Gasteiger partial charge in [-0.3, -0.25) is 4.79 Å². The molecule has 1 aliphatic heterocycles. The molecule has 0 radical (unpaired) electrons. The molecule has 1 aliphatic rings. The highest BCUT2D eigenvalue weighted by atomic mass is 19.1. The molecule has 0 spiro atoms. The van der Waals surface area contributed by atoms with Crippen LogP contribution in [-0.2, 0) is 10.2 Å². The zero-order valence-corrected chi connectivity index (χ0v) is 17.5. The average molecular weight is 422 g/mol. The molecule has 1 amide bonds. The van der Waals surface area contributed by atoms with Crippen LogP contribution < -0.4 is 14.9 Å². The molecule has 160 valence electrons. The van der Waals surface area contributed by atoms with Crippen LogP contribution in [0.3, 0.4) is 0 Å². The molecule has 31 heavy (non-hydrogen) atoms. The van der Waals surface area contributed by atoms with Gasteiger partial charge in [-0.05, 0) is 59.5 Å². The summed E-state index contributed by atoms with van der Waals surface area (Å²) in [5.74, 6) is 1.44. The summed E-state index contributed by atoms with van der Waals surface area (Å²) in [4.78, 5) is 12.4. The Labute approximate surface area is 179 Å². The number of carbonyl (C=O) groups is 1. The Morgan fingerprint density at radius 1 is 1.10 bits per heavy atom. The fourth-order valence-corrected chi connectivity index (χ4v) is 3.09. The monoisotopic (exact) mass is 422 g/mol. The van der Waals surface area contributed by atoms with Gasteiger partial charge < -0.3 is 13.9 Å². The predicted molar refractivity (Wildman–Crippen MR) is 115 cm³/mol. The molecule has 4 rings (SSSR count). The van der Waals surface area contributed by atoms with Crippen molar-refractivity contribution in [3.63, 3.8) is 0 Å². The van der Waals surface area contributed by atoms with E-state index in [0.717, 1.165) is 11.1 Å². The normalized spacial score (nSPS) is 15.8. The Balaban J connectivity index is 1.37. The first-order chi connectivity index (χ1) is 14.8. The van der Waals surface area contributed by atoms with Crippen molar-refractivity contribution in [3.8, 4) is 22.8 Å². The zero-order chi connectivity index (χ0) is 22.0. The second kappa shape index (κ2) is 8.26.